The van der Waals surface area contributed by atoms with Crippen molar-refractivity contribution >= 4 is 23.2 Å². The molecule has 1 amide bonds. The lowest BCUT2D eigenvalue weighted by atomic mass is 10.2. The van der Waals surface area contributed by atoms with Gasteiger partial charge >= 0.3 is 6.18 Å². The molecule has 0 aliphatic carbocycles. The Bertz CT molecular complexity index is 837. The van der Waals surface area contributed by atoms with Gasteiger partial charge in [-0.2, -0.15) is 18.3 Å². The van der Waals surface area contributed by atoms with Crippen LogP contribution in [0.1, 0.15) is 17.8 Å². The van der Waals surface area contributed by atoms with Crippen molar-refractivity contribution in [1.29, 1.82) is 0 Å². The summed E-state index contributed by atoms with van der Waals surface area (Å²) in [7, 11) is 0. The number of hydrogen-bond donors (Lipinski definition) is 1. The molecule has 0 atom stereocenters. The minimum atomic E-state index is -4.80. The summed E-state index contributed by atoms with van der Waals surface area (Å²) < 4.78 is 91.9. The van der Waals surface area contributed by atoms with Gasteiger partial charge < -0.3 is 5.32 Å². The van der Waals surface area contributed by atoms with Gasteiger partial charge in [0.1, 0.15) is 5.69 Å². The van der Waals surface area contributed by atoms with E-state index in [-0.39, 0.29) is 11.8 Å². The van der Waals surface area contributed by atoms with Crippen molar-refractivity contribution in [3.63, 3.8) is 0 Å². The molecule has 4 nitrogen and oxygen atoms in total. The Hall–Kier alpha value is -2.30. The molecule has 1 aromatic carbocycles. The Kier molecular flexibility index (Phi) is 5.49. The molecule has 12 heteroatoms. The molecule has 0 saturated carbocycles. The zero-order valence-corrected chi connectivity index (χ0v) is 13.6. The lowest BCUT2D eigenvalue weighted by Gasteiger charge is -2.09. The molecule has 1 aromatic heterocycles. The van der Waals surface area contributed by atoms with Crippen molar-refractivity contribution in [3.05, 3.63) is 45.7 Å². The number of carbonyl (C=O) groups is 1. The third kappa shape index (κ3) is 3.92. The quantitative estimate of drug-likeness (QED) is 0.605. The molecule has 142 valence electrons. The van der Waals surface area contributed by atoms with Gasteiger partial charge in [-0.1, -0.05) is 11.6 Å². The summed E-state index contributed by atoms with van der Waals surface area (Å²) in [6.45, 7) is 0.804. The Balaban J connectivity index is 2.14. The highest BCUT2D eigenvalue weighted by Gasteiger charge is 2.38. The molecule has 2 aromatic rings. The van der Waals surface area contributed by atoms with Crippen molar-refractivity contribution in [2.45, 2.75) is 26.1 Å². The number of hydrogen-bond acceptors (Lipinski definition) is 2. The van der Waals surface area contributed by atoms with Gasteiger partial charge in [-0.3, -0.25) is 9.48 Å². The van der Waals surface area contributed by atoms with Crippen molar-refractivity contribution in [3.8, 4) is 0 Å². The first-order valence-electron chi connectivity index (χ1n) is 6.86. The SMILES string of the molecule is Cc1c(Cl)c(C(F)(F)F)nn1CCC(=O)Nc1c(F)c(F)cc(F)c1F. The van der Waals surface area contributed by atoms with E-state index in [2.05, 4.69) is 5.10 Å². The fourth-order valence-electron chi connectivity index (χ4n) is 2.02. The highest BCUT2D eigenvalue weighted by molar-refractivity contribution is 6.31. The van der Waals surface area contributed by atoms with E-state index in [1.54, 1.807) is 5.32 Å². The zero-order chi connectivity index (χ0) is 19.8. The Morgan fingerprint density at radius 1 is 1.19 bits per heavy atom. The number of aryl methyl sites for hydroxylation is 1. The normalized spacial score (nSPS) is 11.7. The summed E-state index contributed by atoms with van der Waals surface area (Å²) >= 11 is 5.53. The molecule has 0 unspecified atom stereocenters. The Morgan fingerprint density at radius 3 is 2.19 bits per heavy atom. The minimum Gasteiger partial charge on any atom is -0.321 e. The number of aromatic nitrogens is 2. The maximum absolute atomic E-state index is 13.5. The molecule has 0 aliphatic heterocycles. The summed E-state index contributed by atoms with van der Waals surface area (Å²) in [6.07, 6.45) is -5.39. The predicted octanol–water partition coefficient (Wildman–Crippen LogP) is 4.45. The standard InChI is InChI=1S/C14H9ClF7N3O/c1-5-9(15)13(14(20,21)22)24-25(5)3-2-8(26)23-12-10(18)6(16)4-7(17)11(12)19/h4H,2-3H2,1H3,(H,23,26). The van der Waals surface area contributed by atoms with E-state index < -0.39 is 64.7 Å². The van der Waals surface area contributed by atoms with Crippen LogP contribution in [0.4, 0.5) is 36.4 Å². The molecule has 0 bridgehead atoms. The number of amides is 1. The number of nitrogens with zero attached hydrogens (tertiary/aromatic N) is 2. The first-order chi connectivity index (χ1) is 11.9. The molecule has 1 heterocycles. The summed E-state index contributed by atoms with van der Waals surface area (Å²) in [5, 5.41) is 4.22. The second-order valence-corrected chi connectivity index (χ2v) is 5.49. The lowest BCUT2D eigenvalue weighted by Crippen LogP contribution is -2.18. The van der Waals surface area contributed by atoms with Gasteiger partial charge in [-0.25, -0.2) is 17.6 Å². The van der Waals surface area contributed by atoms with Gasteiger partial charge in [-0.05, 0) is 6.92 Å². The lowest BCUT2D eigenvalue weighted by molar-refractivity contribution is -0.141. The Morgan fingerprint density at radius 2 is 1.73 bits per heavy atom. The molecule has 26 heavy (non-hydrogen) atoms. The highest BCUT2D eigenvalue weighted by atomic mass is 35.5. The van der Waals surface area contributed by atoms with Gasteiger partial charge in [0.05, 0.1) is 17.3 Å². The number of benzene rings is 1. The minimum absolute atomic E-state index is 0.0336. The van der Waals surface area contributed by atoms with E-state index in [0.717, 1.165) is 4.68 Å². The van der Waals surface area contributed by atoms with E-state index in [1.807, 2.05) is 0 Å². The largest absolute Gasteiger partial charge is 0.436 e. The maximum Gasteiger partial charge on any atom is 0.436 e. The van der Waals surface area contributed by atoms with Crippen LogP contribution in [0, 0.1) is 30.2 Å². The molecule has 0 radical (unpaired) electrons. The third-order valence-electron chi connectivity index (χ3n) is 3.33. The van der Waals surface area contributed by atoms with Gasteiger partial charge in [-0.15, -0.1) is 0 Å². The molecule has 0 fully saturated rings. The van der Waals surface area contributed by atoms with E-state index in [4.69, 9.17) is 11.6 Å². The fourth-order valence-corrected chi connectivity index (χ4v) is 2.26. The van der Waals surface area contributed by atoms with Crippen LogP contribution in [0.3, 0.4) is 0 Å². The Labute approximate surface area is 146 Å². The molecule has 0 saturated heterocycles. The van der Waals surface area contributed by atoms with Crippen LogP contribution < -0.4 is 5.32 Å². The number of alkyl halides is 3. The van der Waals surface area contributed by atoms with E-state index >= 15 is 0 Å². The van der Waals surface area contributed by atoms with Crippen molar-refractivity contribution in [2.24, 2.45) is 0 Å². The zero-order valence-electron chi connectivity index (χ0n) is 12.8. The van der Waals surface area contributed by atoms with Crippen molar-refractivity contribution < 1.29 is 35.5 Å². The summed E-state index contributed by atoms with van der Waals surface area (Å²) in [5.74, 6) is -8.16. The van der Waals surface area contributed by atoms with E-state index in [9.17, 15) is 35.5 Å². The number of anilines is 1. The number of rotatable bonds is 4. The van der Waals surface area contributed by atoms with Gasteiger partial charge in [0, 0.05) is 12.5 Å². The van der Waals surface area contributed by atoms with Gasteiger partial charge in [0.15, 0.2) is 29.0 Å². The molecule has 2 rings (SSSR count). The topological polar surface area (TPSA) is 46.9 Å². The summed E-state index contributed by atoms with van der Waals surface area (Å²) in [4.78, 5) is 11.7. The second-order valence-electron chi connectivity index (χ2n) is 5.11. The number of carbonyl (C=O) groups excluding carboxylic acids is 1. The summed E-state index contributed by atoms with van der Waals surface area (Å²) in [5.41, 5.74) is -2.76. The number of nitrogens with one attached hydrogen (secondary N) is 1. The van der Waals surface area contributed by atoms with Crippen molar-refractivity contribution in [1.82, 2.24) is 9.78 Å². The van der Waals surface area contributed by atoms with Crippen LogP contribution in [-0.4, -0.2) is 15.7 Å². The van der Waals surface area contributed by atoms with Crippen LogP contribution in [-0.2, 0) is 17.5 Å². The van der Waals surface area contributed by atoms with Gasteiger partial charge in [0.25, 0.3) is 0 Å². The molecular formula is C14H9ClF7N3O. The molecule has 1 N–H and O–H groups in total. The number of halogens is 8. The average molecular weight is 404 g/mol. The monoisotopic (exact) mass is 403 g/mol. The summed E-state index contributed by atoms with van der Waals surface area (Å²) in [6, 6.07) is -0.0336. The fraction of sp³-hybridized carbons (Fsp3) is 0.286. The first kappa shape index (κ1) is 20.0. The average Bonchev–Trinajstić information content (AvgIpc) is 2.83. The highest BCUT2D eigenvalue weighted by Crippen LogP contribution is 2.35. The van der Waals surface area contributed by atoms with Crippen molar-refractivity contribution in [2.75, 3.05) is 5.32 Å². The molecule has 0 spiro atoms. The van der Waals surface area contributed by atoms with E-state index in [1.165, 1.54) is 6.92 Å². The first-order valence-corrected chi connectivity index (χ1v) is 7.24. The van der Waals surface area contributed by atoms with Crippen LogP contribution in [0.2, 0.25) is 5.02 Å². The van der Waals surface area contributed by atoms with Crippen LogP contribution in [0.15, 0.2) is 6.07 Å². The van der Waals surface area contributed by atoms with E-state index in [0.29, 0.717) is 0 Å². The predicted molar refractivity (Wildman–Crippen MR) is 76.5 cm³/mol. The van der Waals surface area contributed by atoms with Crippen LogP contribution in [0.5, 0.6) is 0 Å². The molecule has 0 aliphatic rings. The molecular weight excluding hydrogens is 395 g/mol. The second kappa shape index (κ2) is 7.14. The van der Waals surface area contributed by atoms with Crippen LogP contribution in [0.25, 0.3) is 0 Å². The smallest absolute Gasteiger partial charge is 0.321 e. The maximum atomic E-state index is 13.5. The third-order valence-corrected chi connectivity index (χ3v) is 3.78. The van der Waals surface area contributed by atoms with Crippen LogP contribution >= 0.6 is 11.6 Å². The van der Waals surface area contributed by atoms with Gasteiger partial charge in [0.2, 0.25) is 5.91 Å².